The average Bonchev–Trinajstić information content (AvgIpc) is 2.29. The molecule has 0 spiro atoms. The van der Waals surface area contributed by atoms with Gasteiger partial charge in [-0.05, 0) is 34.6 Å². The maximum atomic E-state index is 2.31. The zero-order chi connectivity index (χ0) is 12.5. The lowest BCUT2D eigenvalue weighted by atomic mass is 9.84. The molecule has 2 aromatic carbocycles. The number of rotatable bonds is 1. The van der Waals surface area contributed by atoms with Crippen LogP contribution in [0.4, 0.5) is 0 Å². The molecule has 0 fully saturated rings. The second-order valence-corrected chi connectivity index (χ2v) is 5.65. The van der Waals surface area contributed by atoms with Gasteiger partial charge < -0.3 is 0 Å². The predicted octanol–water partition coefficient (Wildman–Crippen LogP) is 4.96. The van der Waals surface area contributed by atoms with Crippen molar-refractivity contribution in [2.75, 3.05) is 0 Å². The average molecular weight is 224 g/mol. The van der Waals surface area contributed by atoms with Crippen LogP contribution in [0, 0.1) is 6.92 Å². The van der Waals surface area contributed by atoms with Crippen molar-refractivity contribution in [1.29, 1.82) is 0 Å². The fraction of sp³-hybridized carbons (Fsp3) is 0.294. The summed E-state index contributed by atoms with van der Waals surface area (Å²) in [6, 6.07) is 17.4. The van der Waals surface area contributed by atoms with E-state index in [0.717, 1.165) is 0 Å². The van der Waals surface area contributed by atoms with E-state index < -0.39 is 0 Å². The second-order valence-electron chi connectivity index (χ2n) is 5.65. The highest BCUT2D eigenvalue weighted by atomic mass is 14.2. The Morgan fingerprint density at radius 1 is 0.824 bits per heavy atom. The molecule has 0 amide bonds. The highest BCUT2D eigenvalue weighted by molar-refractivity contribution is 5.67. The van der Waals surface area contributed by atoms with E-state index in [2.05, 4.69) is 76.2 Å². The monoisotopic (exact) mass is 224 g/mol. The van der Waals surface area contributed by atoms with Gasteiger partial charge in [-0.15, -0.1) is 0 Å². The Balaban J connectivity index is 2.46. The fourth-order valence-electron chi connectivity index (χ4n) is 2.07. The zero-order valence-electron chi connectivity index (χ0n) is 11.1. The molecule has 0 nitrogen and oxygen atoms in total. The van der Waals surface area contributed by atoms with Gasteiger partial charge in [0.05, 0.1) is 0 Å². The Kier molecular flexibility index (Phi) is 3.06. The molecular formula is C17H20. The summed E-state index contributed by atoms with van der Waals surface area (Å²) in [6.07, 6.45) is 0. The molecule has 0 saturated carbocycles. The molecule has 0 aliphatic rings. The zero-order valence-corrected chi connectivity index (χ0v) is 11.1. The molecule has 0 N–H and O–H groups in total. The molecule has 0 aromatic heterocycles. The quantitative estimate of drug-likeness (QED) is 0.642. The van der Waals surface area contributed by atoms with E-state index in [1.54, 1.807) is 0 Å². The first-order chi connectivity index (χ1) is 7.98. The molecule has 17 heavy (non-hydrogen) atoms. The maximum Gasteiger partial charge on any atom is -0.0132 e. The molecular weight excluding hydrogens is 204 g/mol. The first-order valence-electron chi connectivity index (χ1n) is 6.15. The van der Waals surface area contributed by atoms with Gasteiger partial charge in [0.15, 0.2) is 0 Å². The first kappa shape index (κ1) is 11.9. The van der Waals surface area contributed by atoms with Crippen LogP contribution in [0.2, 0.25) is 0 Å². The molecule has 0 aliphatic heterocycles. The Bertz CT molecular complexity index is 501. The van der Waals surface area contributed by atoms with E-state index in [4.69, 9.17) is 0 Å². The Morgan fingerprint density at radius 3 is 2.00 bits per heavy atom. The summed E-state index contributed by atoms with van der Waals surface area (Å²) in [6.45, 7) is 8.95. The van der Waals surface area contributed by atoms with Crippen LogP contribution in [0.5, 0.6) is 0 Å². The minimum atomic E-state index is 0.222. The fourth-order valence-corrected chi connectivity index (χ4v) is 2.07. The van der Waals surface area contributed by atoms with E-state index in [-0.39, 0.29) is 5.41 Å². The van der Waals surface area contributed by atoms with Gasteiger partial charge >= 0.3 is 0 Å². The van der Waals surface area contributed by atoms with Gasteiger partial charge in [-0.2, -0.15) is 0 Å². The van der Waals surface area contributed by atoms with Crippen molar-refractivity contribution in [2.24, 2.45) is 0 Å². The molecule has 0 heterocycles. The molecule has 2 rings (SSSR count). The highest BCUT2D eigenvalue weighted by Crippen LogP contribution is 2.29. The van der Waals surface area contributed by atoms with Crippen molar-refractivity contribution in [3.05, 3.63) is 59.7 Å². The van der Waals surface area contributed by atoms with Crippen molar-refractivity contribution in [2.45, 2.75) is 33.1 Å². The van der Waals surface area contributed by atoms with Crippen LogP contribution in [-0.2, 0) is 5.41 Å². The van der Waals surface area contributed by atoms with Gasteiger partial charge in [-0.1, -0.05) is 69.3 Å². The van der Waals surface area contributed by atoms with Gasteiger partial charge in [-0.25, -0.2) is 0 Å². The molecule has 0 bridgehead atoms. The molecule has 0 aliphatic carbocycles. The summed E-state index contributed by atoms with van der Waals surface area (Å²) in [4.78, 5) is 0. The molecule has 88 valence electrons. The van der Waals surface area contributed by atoms with Gasteiger partial charge in [0, 0.05) is 0 Å². The molecule has 0 heteroatoms. The van der Waals surface area contributed by atoms with Crippen LogP contribution in [0.1, 0.15) is 31.9 Å². The summed E-state index contributed by atoms with van der Waals surface area (Å²) in [5, 5.41) is 0. The minimum absolute atomic E-state index is 0.222. The van der Waals surface area contributed by atoms with Crippen molar-refractivity contribution >= 4 is 0 Å². The molecule has 2 aromatic rings. The Morgan fingerprint density at radius 2 is 1.47 bits per heavy atom. The summed E-state index contributed by atoms with van der Waals surface area (Å²) in [7, 11) is 0. The van der Waals surface area contributed by atoms with Crippen LogP contribution in [0.3, 0.4) is 0 Å². The molecule has 0 unspecified atom stereocenters. The van der Waals surface area contributed by atoms with Crippen LogP contribution >= 0.6 is 0 Å². The standard InChI is InChI=1S/C17H20/c1-13-12-15(17(2,3)4)10-11-16(13)14-8-6-5-7-9-14/h5-12H,1-4H3. The van der Waals surface area contributed by atoms with Gasteiger partial charge in [-0.3, -0.25) is 0 Å². The number of hydrogen-bond acceptors (Lipinski definition) is 0. The number of aryl methyl sites for hydroxylation is 1. The largest absolute Gasteiger partial charge is 0.0622 e. The van der Waals surface area contributed by atoms with Crippen LogP contribution < -0.4 is 0 Å². The first-order valence-corrected chi connectivity index (χ1v) is 6.15. The summed E-state index contributed by atoms with van der Waals surface area (Å²) in [5.41, 5.74) is 5.60. The lowest BCUT2D eigenvalue weighted by molar-refractivity contribution is 0.590. The second kappa shape index (κ2) is 4.37. The SMILES string of the molecule is Cc1cc(C(C)(C)C)ccc1-c1ccccc1. The topological polar surface area (TPSA) is 0 Å². The molecule has 0 radical (unpaired) electrons. The van der Waals surface area contributed by atoms with Crippen molar-refractivity contribution in [1.82, 2.24) is 0 Å². The van der Waals surface area contributed by atoms with E-state index in [1.165, 1.54) is 22.3 Å². The van der Waals surface area contributed by atoms with Gasteiger partial charge in [0.1, 0.15) is 0 Å². The van der Waals surface area contributed by atoms with Crippen molar-refractivity contribution in [3.63, 3.8) is 0 Å². The van der Waals surface area contributed by atoms with E-state index in [0.29, 0.717) is 0 Å². The third-order valence-corrected chi connectivity index (χ3v) is 3.18. The minimum Gasteiger partial charge on any atom is -0.0622 e. The van der Waals surface area contributed by atoms with Crippen LogP contribution in [-0.4, -0.2) is 0 Å². The highest BCUT2D eigenvalue weighted by Gasteiger charge is 2.14. The number of hydrogen-bond donors (Lipinski definition) is 0. The van der Waals surface area contributed by atoms with E-state index >= 15 is 0 Å². The van der Waals surface area contributed by atoms with Crippen LogP contribution in [0.15, 0.2) is 48.5 Å². The smallest absolute Gasteiger partial charge is 0.0132 e. The van der Waals surface area contributed by atoms with Gasteiger partial charge in [0.25, 0.3) is 0 Å². The number of benzene rings is 2. The summed E-state index contributed by atoms with van der Waals surface area (Å²) < 4.78 is 0. The molecule has 0 saturated heterocycles. The van der Waals surface area contributed by atoms with E-state index in [1.807, 2.05) is 0 Å². The molecule has 0 atom stereocenters. The normalized spacial score (nSPS) is 11.5. The lowest BCUT2D eigenvalue weighted by Gasteiger charge is -2.20. The van der Waals surface area contributed by atoms with E-state index in [9.17, 15) is 0 Å². The van der Waals surface area contributed by atoms with Gasteiger partial charge in [0.2, 0.25) is 0 Å². The Labute approximate surface area is 104 Å². The summed E-state index contributed by atoms with van der Waals surface area (Å²) >= 11 is 0. The maximum absolute atomic E-state index is 2.31. The Hall–Kier alpha value is -1.56. The summed E-state index contributed by atoms with van der Waals surface area (Å²) in [5.74, 6) is 0. The van der Waals surface area contributed by atoms with Crippen LogP contribution in [0.25, 0.3) is 11.1 Å². The van der Waals surface area contributed by atoms with Crippen molar-refractivity contribution in [3.8, 4) is 11.1 Å². The van der Waals surface area contributed by atoms with Crippen molar-refractivity contribution < 1.29 is 0 Å². The third-order valence-electron chi connectivity index (χ3n) is 3.18. The third kappa shape index (κ3) is 2.58. The lowest BCUT2D eigenvalue weighted by Crippen LogP contribution is -2.11. The predicted molar refractivity (Wildman–Crippen MR) is 75.3 cm³/mol.